The molecule has 1 aliphatic heterocycles. The van der Waals surface area contributed by atoms with Crippen LogP contribution in [0.4, 0.5) is 5.69 Å². The number of amides is 1. The Kier molecular flexibility index (Phi) is 6.66. The molecule has 192 valence electrons. The average Bonchev–Trinajstić information content (AvgIpc) is 3.50. The number of rotatable bonds is 6. The number of hydrogen-bond acceptors (Lipinski definition) is 6. The molecule has 0 unspecified atom stereocenters. The van der Waals surface area contributed by atoms with E-state index in [-0.39, 0.29) is 29.8 Å². The lowest BCUT2D eigenvalue weighted by Crippen LogP contribution is -2.29. The number of nitrogens with zero attached hydrogens (tertiary/aromatic N) is 4. The predicted octanol–water partition coefficient (Wildman–Crippen LogP) is 3.41. The second kappa shape index (κ2) is 9.91. The van der Waals surface area contributed by atoms with Crippen molar-refractivity contribution in [1.29, 1.82) is 0 Å². The molecule has 9 heteroatoms. The van der Waals surface area contributed by atoms with Crippen LogP contribution in [0.3, 0.4) is 0 Å². The van der Waals surface area contributed by atoms with Crippen LogP contribution in [-0.2, 0) is 16.1 Å². The summed E-state index contributed by atoms with van der Waals surface area (Å²) in [5.41, 5.74) is 4.57. The number of hydrogen-bond donors (Lipinski definition) is 2. The zero-order valence-corrected chi connectivity index (χ0v) is 21.4. The minimum atomic E-state index is -0.523. The third kappa shape index (κ3) is 4.80. The van der Waals surface area contributed by atoms with Gasteiger partial charge in [0.1, 0.15) is 6.54 Å². The van der Waals surface area contributed by atoms with Crippen LogP contribution < -0.4 is 10.9 Å². The number of aliphatic hydroxyl groups excluding tert-OH is 1. The number of aliphatic hydroxyl groups is 1. The van der Waals surface area contributed by atoms with Gasteiger partial charge in [-0.05, 0) is 37.5 Å². The number of aromatic nitrogens is 4. The Bertz CT molecular complexity index is 1500. The SMILES string of the molecule is Cc1ccc(NC(=O)Cn2c(C)c(C(C)C)c(=O)n3nc(-c4ccc([C@H]5COC[C@@H]5O)cc4)nc23)cc1. The quantitative estimate of drug-likeness (QED) is 0.419. The molecule has 2 aromatic heterocycles. The van der Waals surface area contributed by atoms with E-state index in [4.69, 9.17) is 4.74 Å². The van der Waals surface area contributed by atoms with Crippen LogP contribution >= 0.6 is 0 Å². The molecule has 5 rings (SSSR count). The first-order valence-corrected chi connectivity index (χ1v) is 12.5. The third-order valence-corrected chi connectivity index (χ3v) is 6.91. The highest BCUT2D eigenvalue weighted by atomic mass is 16.5. The van der Waals surface area contributed by atoms with Gasteiger partial charge in [-0.2, -0.15) is 9.50 Å². The molecule has 0 radical (unpaired) electrons. The van der Waals surface area contributed by atoms with Crippen LogP contribution in [-0.4, -0.2) is 49.5 Å². The molecule has 0 spiro atoms. The van der Waals surface area contributed by atoms with Crippen LogP contribution in [0.5, 0.6) is 0 Å². The lowest BCUT2D eigenvalue weighted by Gasteiger charge is -2.17. The number of nitrogens with one attached hydrogen (secondary N) is 1. The molecule has 2 N–H and O–H groups in total. The number of fused-ring (bicyclic) bond motifs is 1. The van der Waals surface area contributed by atoms with Crippen LogP contribution in [0.2, 0.25) is 0 Å². The minimum absolute atomic E-state index is 0.0140. The van der Waals surface area contributed by atoms with Gasteiger partial charge < -0.3 is 19.7 Å². The maximum atomic E-state index is 13.4. The molecule has 0 bridgehead atoms. The summed E-state index contributed by atoms with van der Waals surface area (Å²) in [5.74, 6) is 0.347. The van der Waals surface area contributed by atoms with Crippen LogP contribution in [0.15, 0.2) is 53.3 Å². The van der Waals surface area contributed by atoms with E-state index in [1.54, 1.807) is 4.57 Å². The Balaban J connectivity index is 1.52. The molecule has 2 atom stereocenters. The molecule has 0 saturated carbocycles. The van der Waals surface area contributed by atoms with Crippen molar-refractivity contribution in [2.24, 2.45) is 0 Å². The summed E-state index contributed by atoms with van der Waals surface area (Å²) in [5, 5.41) is 17.6. The van der Waals surface area contributed by atoms with Crippen molar-refractivity contribution in [3.63, 3.8) is 0 Å². The molecule has 1 amide bonds. The number of anilines is 1. The molecule has 1 aliphatic rings. The first kappa shape index (κ1) is 24.9. The molecule has 1 fully saturated rings. The van der Waals surface area contributed by atoms with Gasteiger partial charge in [0.05, 0.1) is 19.3 Å². The summed E-state index contributed by atoms with van der Waals surface area (Å²) in [6.45, 7) is 8.53. The van der Waals surface area contributed by atoms with E-state index in [2.05, 4.69) is 15.4 Å². The Morgan fingerprint density at radius 3 is 2.43 bits per heavy atom. The number of benzene rings is 2. The number of carbonyl (C=O) groups excluding carboxylic acids is 1. The normalized spacial score (nSPS) is 17.6. The van der Waals surface area contributed by atoms with Gasteiger partial charge in [-0.3, -0.25) is 9.59 Å². The molecule has 37 heavy (non-hydrogen) atoms. The van der Waals surface area contributed by atoms with Crippen molar-refractivity contribution in [3.8, 4) is 11.4 Å². The average molecular weight is 502 g/mol. The van der Waals surface area contributed by atoms with Gasteiger partial charge in [0.25, 0.3) is 5.56 Å². The van der Waals surface area contributed by atoms with Crippen LogP contribution in [0, 0.1) is 13.8 Å². The molecule has 4 aromatic rings. The fraction of sp³-hybridized carbons (Fsp3) is 0.357. The summed E-state index contributed by atoms with van der Waals surface area (Å²) in [6, 6.07) is 15.2. The van der Waals surface area contributed by atoms with Gasteiger partial charge in [-0.25, -0.2) is 0 Å². The van der Waals surface area contributed by atoms with E-state index in [9.17, 15) is 14.7 Å². The highest BCUT2D eigenvalue weighted by molar-refractivity contribution is 5.90. The molecular formula is C28H31N5O4. The third-order valence-electron chi connectivity index (χ3n) is 6.91. The van der Waals surface area contributed by atoms with E-state index < -0.39 is 6.10 Å². The molecule has 1 saturated heterocycles. The van der Waals surface area contributed by atoms with Crippen molar-refractivity contribution < 1.29 is 14.6 Å². The zero-order valence-electron chi connectivity index (χ0n) is 21.4. The van der Waals surface area contributed by atoms with Gasteiger partial charge in [0, 0.05) is 28.4 Å². The Labute approximate surface area is 214 Å². The zero-order chi connectivity index (χ0) is 26.3. The predicted molar refractivity (Wildman–Crippen MR) is 141 cm³/mol. The summed E-state index contributed by atoms with van der Waals surface area (Å²) in [4.78, 5) is 31.0. The number of ether oxygens (including phenoxy) is 1. The van der Waals surface area contributed by atoms with E-state index in [1.165, 1.54) is 4.52 Å². The van der Waals surface area contributed by atoms with E-state index in [0.29, 0.717) is 41.8 Å². The standard InChI is InChI=1S/C28H31N5O4/c1-16(2)25-18(4)32(13-24(35)29-21-11-5-17(3)6-12-21)28-30-26(31-33(28)27(25)36)20-9-7-19(8-10-20)22-14-37-15-23(22)34/h5-12,16,22-23,34H,13-15H2,1-4H3,(H,29,35)/t22-,23+/m1/s1. The smallest absolute Gasteiger partial charge is 0.279 e. The monoisotopic (exact) mass is 501 g/mol. The highest BCUT2D eigenvalue weighted by Crippen LogP contribution is 2.28. The minimum Gasteiger partial charge on any atom is -0.390 e. The maximum Gasteiger partial charge on any atom is 0.279 e. The fourth-order valence-corrected chi connectivity index (χ4v) is 4.88. The summed E-state index contributed by atoms with van der Waals surface area (Å²) >= 11 is 0. The summed E-state index contributed by atoms with van der Waals surface area (Å²) in [7, 11) is 0. The van der Waals surface area contributed by atoms with E-state index >= 15 is 0 Å². The Morgan fingerprint density at radius 1 is 1.11 bits per heavy atom. The lowest BCUT2D eigenvalue weighted by molar-refractivity contribution is -0.116. The van der Waals surface area contributed by atoms with Gasteiger partial charge in [-0.1, -0.05) is 55.8 Å². The maximum absolute atomic E-state index is 13.4. The number of carbonyl (C=O) groups is 1. The van der Waals surface area contributed by atoms with Crippen LogP contribution in [0.25, 0.3) is 17.2 Å². The topological polar surface area (TPSA) is 111 Å². The second-order valence-corrected chi connectivity index (χ2v) is 9.94. The van der Waals surface area contributed by atoms with Crippen LogP contribution in [0.1, 0.15) is 48.1 Å². The largest absolute Gasteiger partial charge is 0.390 e. The molecule has 0 aliphatic carbocycles. The lowest BCUT2D eigenvalue weighted by atomic mass is 9.95. The van der Waals surface area contributed by atoms with Gasteiger partial charge >= 0.3 is 0 Å². The van der Waals surface area contributed by atoms with Gasteiger partial charge in [0.2, 0.25) is 11.7 Å². The van der Waals surface area contributed by atoms with E-state index in [0.717, 1.165) is 16.7 Å². The van der Waals surface area contributed by atoms with Crippen molar-refractivity contribution in [1.82, 2.24) is 19.2 Å². The molecule has 9 nitrogen and oxygen atoms in total. The molecule has 3 heterocycles. The van der Waals surface area contributed by atoms with Crippen molar-refractivity contribution >= 4 is 17.4 Å². The second-order valence-electron chi connectivity index (χ2n) is 9.94. The Hall–Kier alpha value is -3.82. The summed E-state index contributed by atoms with van der Waals surface area (Å²) in [6.07, 6.45) is -0.523. The van der Waals surface area contributed by atoms with Crippen molar-refractivity contribution in [3.05, 3.63) is 81.3 Å². The Morgan fingerprint density at radius 2 is 1.81 bits per heavy atom. The first-order valence-electron chi connectivity index (χ1n) is 12.5. The molecular weight excluding hydrogens is 470 g/mol. The summed E-state index contributed by atoms with van der Waals surface area (Å²) < 4.78 is 8.41. The number of aryl methyl sites for hydroxylation is 1. The van der Waals surface area contributed by atoms with Gasteiger partial charge in [0.15, 0.2) is 5.82 Å². The molecule has 2 aromatic carbocycles. The fourth-order valence-electron chi connectivity index (χ4n) is 4.88. The highest BCUT2D eigenvalue weighted by Gasteiger charge is 2.28. The van der Waals surface area contributed by atoms with Gasteiger partial charge in [-0.15, -0.1) is 5.10 Å². The van der Waals surface area contributed by atoms with Crippen molar-refractivity contribution in [2.45, 2.75) is 52.2 Å². The van der Waals surface area contributed by atoms with Crippen molar-refractivity contribution in [2.75, 3.05) is 18.5 Å². The van der Waals surface area contributed by atoms with E-state index in [1.807, 2.05) is 76.2 Å². The first-order chi connectivity index (χ1) is 17.7.